The first-order chi connectivity index (χ1) is 18.6. The first-order valence-corrected chi connectivity index (χ1v) is 12.8. The number of rotatable bonds is 4. The molecule has 1 aliphatic carbocycles. The number of benzene rings is 2. The van der Waals surface area contributed by atoms with E-state index in [-0.39, 0.29) is 30.5 Å². The van der Waals surface area contributed by atoms with Gasteiger partial charge in [0.1, 0.15) is 24.0 Å². The van der Waals surface area contributed by atoms with Gasteiger partial charge in [-0.3, -0.25) is 14.4 Å². The number of nitrogens with one attached hydrogen (secondary N) is 3. The summed E-state index contributed by atoms with van der Waals surface area (Å²) in [7, 11) is 0. The highest BCUT2D eigenvalue weighted by atomic mass is 19.1. The minimum absolute atomic E-state index is 0.0855. The standard InChI is InChI=1S/C29H27F2N5O3/c1-28(2)27(39)36(23(14-33-28)17-8-19(30)11-20(31)9-17)15-24(37)34-21-6-5-16-12-29(13-18(16)10-21)22-4-3-7-32-25(22)35-26(29)38/h3-11,23,33H,12-15H2,1-2H3,(H,34,37)(H,32,35,38). The normalized spacial score (nSPS) is 23.0. The number of fused-ring (bicyclic) bond motifs is 3. The van der Waals surface area contributed by atoms with E-state index in [4.69, 9.17) is 0 Å². The number of hydrogen-bond acceptors (Lipinski definition) is 5. The van der Waals surface area contributed by atoms with Crippen LogP contribution in [-0.2, 0) is 32.6 Å². The molecule has 0 bridgehead atoms. The molecular weight excluding hydrogens is 504 g/mol. The van der Waals surface area contributed by atoms with E-state index in [1.54, 1.807) is 26.1 Å². The lowest BCUT2D eigenvalue weighted by Crippen LogP contribution is -2.63. The quantitative estimate of drug-likeness (QED) is 0.480. The van der Waals surface area contributed by atoms with Gasteiger partial charge in [0.25, 0.3) is 0 Å². The predicted octanol–water partition coefficient (Wildman–Crippen LogP) is 3.24. The number of pyridine rings is 1. The fraction of sp³-hybridized carbons (Fsp3) is 0.310. The molecule has 2 aromatic carbocycles. The van der Waals surface area contributed by atoms with E-state index < -0.39 is 34.5 Å². The Balaban J connectivity index is 1.22. The van der Waals surface area contributed by atoms with Gasteiger partial charge in [-0.05, 0) is 73.7 Å². The zero-order valence-corrected chi connectivity index (χ0v) is 21.5. The molecule has 39 heavy (non-hydrogen) atoms. The van der Waals surface area contributed by atoms with E-state index in [1.807, 2.05) is 24.3 Å². The lowest BCUT2D eigenvalue weighted by molar-refractivity contribution is -0.146. The van der Waals surface area contributed by atoms with Crippen molar-refractivity contribution < 1.29 is 23.2 Å². The molecule has 0 saturated carbocycles. The summed E-state index contributed by atoms with van der Waals surface area (Å²) in [6.45, 7) is 3.33. The molecule has 6 rings (SSSR count). The van der Waals surface area contributed by atoms with Gasteiger partial charge in [0.2, 0.25) is 17.7 Å². The second-order valence-corrected chi connectivity index (χ2v) is 11.0. The van der Waals surface area contributed by atoms with Crippen molar-refractivity contribution in [3.05, 3.63) is 88.6 Å². The molecule has 1 fully saturated rings. The SMILES string of the molecule is CC1(C)NCC(c2cc(F)cc(F)c2)N(CC(=O)Nc2ccc3c(c2)CC2(C3)C(=O)Nc3ncccc32)C1=O. The van der Waals surface area contributed by atoms with Crippen LogP contribution in [0.4, 0.5) is 20.3 Å². The van der Waals surface area contributed by atoms with Crippen molar-refractivity contribution in [1.29, 1.82) is 0 Å². The molecule has 0 radical (unpaired) electrons. The van der Waals surface area contributed by atoms with Crippen molar-refractivity contribution >= 4 is 29.2 Å². The number of carbonyl (C=O) groups is 3. The number of nitrogens with zero attached hydrogens (tertiary/aromatic N) is 2. The third kappa shape index (κ3) is 4.24. The van der Waals surface area contributed by atoms with Crippen LogP contribution in [0.1, 0.15) is 42.1 Å². The van der Waals surface area contributed by atoms with Crippen LogP contribution in [0.3, 0.4) is 0 Å². The van der Waals surface area contributed by atoms with Crippen LogP contribution in [0.15, 0.2) is 54.7 Å². The van der Waals surface area contributed by atoms with E-state index >= 15 is 0 Å². The smallest absolute Gasteiger partial charge is 0.244 e. The number of anilines is 2. The molecule has 1 saturated heterocycles. The third-order valence-electron chi connectivity index (χ3n) is 7.96. The van der Waals surface area contributed by atoms with Crippen LogP contribution < -0.4 is 16.0 Å². The zero-order valence-electron chi connectivity index (χ0n) is 21.5. The summed E-state index contributed by atoms with van der Waals surface area (Å²) in [5, 5.41) is 8.85. The van der Waals surface area contributed by atoms with Gasteiger partial charge < -0.3 is 20.9 Å². The molecule has 1 spiro atoms. The summed E-state index contributed by atoms with van der Waals surface area (Å²) in [5.41, 5.74) is 1.98. The molecule has 3 amide bonds. The number of carbonyl (C=O) groups excluding carboxylic acids is 3. The lowest BCUT2D eigenvalue weighted by Gasteiger charge is -2.43. The number of halogens is 2. The summed E-state index contributed by atoms with van der Waals surface area (Å²) in [5.74, 6) is -1.80. The Bertz CT molecular complexity index is 1520. The first-order valence-electron chi connectivity index (χ1n) is 12.8. The van der Waals surface area contributed by atoms with Gasteiger partial charge in [0.15, 0.2) is 0 Å². The summed E-state index contributed by atoms with van der Waals surface area (Å²) < 4.78 is 27.9. The van der Waals surface area contributed by atoms with Gasteiger partial charge in [0, 0.05) is 30.1 Å². The predicted molar refractivity (Wildman–Crippen MR) is 140 cm³/mol. The molecule has 3 heterocycles. The average Bonchev–Trinajstić information content (AvgIpc) is 3.38. The van der Waals surface area contributed by atoms with E-state index in [0.29, 0.717) is 24.3 Å². The first kappa shape index (κ1) is 25.1. The van der Waals surface area contributed by atoms with Gasteiger partial charge in [-0.2, -0.15) is 0 Å². The minimum atomic E-state index is -0.947. The number of piperazine rings is 1. The molecule has 1 aromatic heterocycles. The maximum Gasteiger partial charge on any atom is 0.244 e. The van der Waals surface area contributed by atoms with Crippen LogP contribution in [-0.4, -0.2) is 46.2 Å². The van der Waals surface area contributed by atoms with E-state index in [1.165, 1.54) is 17.0 Å². The van der Waals surface area contributed by atoms with Crippen molar-refractivity contribution in [2.24, 2.45) is 0 Å². The monoisotopic (exact) mass is 531 g/mol. The number of amides is 3. The fourth-order valence-electron chi connectivity index (χ4n) is 5.99. The average molecular weight is 532 g/mol. The van der Waals surface area contributed by atoms with Crippen molar-refractivity contribution in [2.75, 3.05) is 23.7 Å². The van der Waals surface area contributed by atoms with Crippen LogP contribution in [0.25, 0.3) is 0 Å². The minimum Gasteiger partial charge on any atom is -0.325 e. The van der Waals surface area contributed by atoms with Crippen LogP contribution >= 0.6 is 0 Å². The largest absolute Gasteiger partial charge is 0.325 e. The molecule has 2 unspecified atom stereocenters. The Labute approximate surface area is 223 Å². The fourth-order valence-corrected chi connectivity index (χ4v) is 5.99. The Kier molecular flexibility index (Phi) is 5.76. The summed E-state index contributed by atoms with van der Waals surface area (Å²) in [6.07, 6.45) is 2.67. The Morgan fingerprint density at radius 3 is 2.59 bits per heavy atom. The Hall–Kier alpha value is -4.18. The molecule has 200 valence electrons. The van der Waals surface area contributed by atoms with Gasteiger partial charge in [-0.1, -0.05) is 12.1 Å². The zero-order chi connectivity index (χ0) is 27.5. The maximum absolute atomic E-state index is 14.0. The lowest BCUT2D eigenvalue weighted by atomic mass is 9.79. The second kappa shape index (κ2) is 8.94. The second-order valence-electron chi connectivity index (χ2n) is 11.0. The summed E-state index contributed by atoms with van der Waals surface area (Å²) >= 11 is 0. The Morgan fingerprint density at radius 2 is 1.82 bits per heavy atom. The third-order valence-corrected chi connectivity index (χ3v) is 7.96. The van der Waals surface area contributed by atoms with Crippen LogP contribution in [0, 0.1) is 11.6 Å². The molecule has 3 aromatic rings. The van der Waals surface area contributed by atoms with E-state index in [9.17, 15) is 23.2 Å². The molecule has 10 heteroatoms. The molecule has 8 nitrogen and oxygen atoms in total. The Morgan fingerprint density at radius 1 is 1.08 bits per heavy atom. The van der Waals surface area contributed by atoms with Gasteiger partial charge in [-0.15, -0.1) is 0 Å². The molecular formula is C29H27F2N5O3. The van der Waals surface area contributed by atoms with E-state index in [0.717, 1.165) is 22.8 Å². The van der Waals surface area contributed by atoms with Gasteiger partial charge in [-0.25, -0.2) is 13.8 Å². The van der Waals surface area contributed by atoms with Crippen molar-refractivity contribution in [3.8, 4) is 0 Å². The molecule has 3 N–H and O–H groups in total. The van der Waals surface area contributed by atoms with Crippen molar-refractivity contribution in [3.63, 3.8) is 0 Å². The highest BCUT2D eigenvalue weighted by Gasteiger charge is 2.51. The molecule has 2 atom stereocenters. The van der Waals surface area contributed by atoms with Gasteiger partial charge in [0.05, 0.1) is 17.0 Å². The van der Waals surface area contributed by atoms with Gasteiger partial charge >= 0.3 is 0 Å². The highest BCUT2D eigenvalue weighted by Crippen LogP contribution is 2.47. The number of aromatic nitrogens is 1. The maximum atomic E-state index is 14.0. The van der Waals surface area contributed by atoms with Crippen molar-refractivity contribution in [2.45, 2.75) is 43.7 Å². The molecule has 3 aliphatic rings. The summed E-state index contributed by atoms with van der Waals surface area (Å²) in [6, 6.07) is 11.7. The number of hydrogen-bond donors (Lipinski definition) is 3. The van der Waals surface area contributed by atoms with Crippen LogP contribution in [0.2, 0.25) is 0 Å². The van der Waals surface area contributed by atoms with Crippen LogP contribution in [0.5, 0.6) is 0 Å². The topological polar surface area (TPSA) is 103 Å². The highest BCUT2D eigenvalue weighted by molar-refractivity contribution is 6.06. The summed E-state index contributed by atoms with van der Waals surface area (Å²) in [4.78, 5) is 45.1. The van der Waals surface area contributed by atoms with E-state index in [2.05, 4.69) is 20.9 Å². The van der Waals surface area contributed by atoms with Crippen molar-refractivity contribution in [1.82, 2.24) is 15.2 Å². The molecule has 2 aliphatic heterocycles.